The smallest absolute Gasteiger partial charge is 0.179 e. The molecule has 1 aliphatic heterocycles. The SMILES string of the molecule is CCOc1ccc(-n2nc3c(N4CCC(O)C4)nnc(C)c3c2C)c(F)c1. The van der Waals surface area contributed by atoms with Crippen LogP contribution in [0.4, 0.5) is 10.2 Å². The highest BCUT2D eigenvalue weighted by molar-refractivity contribution is 5.92. The Morgan fingerprint density at radius 2 is 2.11 bits per heavy atom. The van der Waals surface area contributed by atoms with Crippen molar-refractivity contribution in [2.24, 2.45) is 0 Å². The van der Waals surface area contributed by atoms with Crippen LogP contribution in [0.15, 0.2) is 18.2 Å². The highest BCUT2D eigenvalue weighted by Crippen LogP contribution is 2.31. The molecule has 0 spiro atoms. The average molecular weight is 371 g/mol. The van der Waals surface area contributed by atoms with Gasteiger partial charge in [0.25, 0.3) is 0 Å². The van der Waals surface area contributed by atoms with Crippen LogP contribution in [0.2, 0.25) is 0 Å². The summed E-state index contributed by atoms with van der Waals surface area (Å²) in [6, 6.07) is 4.76. The standard InChI is InChI=1S/C19H22FN5O2/c1-4-27-14-5-6-16(15(20)9-14)25-12(3)17-11(2)21-22-19(18(17)23-25)24-8-7-13(26)10-24/h5-6,9,13,26H,4,7-8,10H2,1-3H3. The zero-order valence-electron chi connectivity index (χ0n) is 15.6. The Morgan fingerprint density at radius 3 is 2.78 bits per heavy atom. The van der Waals surface area contributed by atoms with E-state index < -0.39 is 5.82 Å². The van der Waals surface area contributed by atoms with Crippen molar-refractivity contribution in [3.8, 4) is 11.4 Å². The van der Waals surface area contributed by atoms with Gasteiger partial charge in [-0.2, -0.15) is 10.2 Å². The van der Waals surface area contributed by atoms with Crippen molar-refractivity contribution < 1.29 is 14.2 Å². The molecule has 1 atom stereocenters. The van der Waals surface area contributed by atoms with Crippen LogP contribution in [0.25, 0.3) is 16.6 Å². The molecule has 3 aromatic rings. The number of aryl methyl sites for hydroxylation is 2. The lowest BCUT2D eigenvalue weighted by Crippen LogP contribution is -2.23. The summed E-state index contributed by atoms with van der Waals surface area (Å²) in [6.07, 6.45) is 0.305. The molecule has 27 heavy (non-hydrogen) atoms. The minimum absolute atomic E-state index is 0.346. The second-order valence-corrected chi connectivity index (χ2v) is 6.76. The third-order valence-electron chi connectivity index (χ3n) is 4.91. The minimum Gasteiger partial charge on any atom is -0.494 e. The molecule has 0 radical (unpaired) electrons. The molecule has 1 aromatic carbocycles. The van der Waals surface area contributed by atoms with E-state index in [4.69, 9.17) is 4.74 Å². The molecule has 1 aliphatic rings. The maximum atomic E-state index is 14.7. The average Bonchev–Trinajstić information content (AvgIpc) is 3.20. The number of aliphatic hydroxyl groups excluding tert-OH is 1. The predicted octanol–water partition coefficient (Wildman–Crippen LogP) is 2.54. The van der Waals surface area contributed by atoms with Crippen molar-refractivity contribution in [2.75, 3.05) is 24.6 Å². The normalized spacial score (nSPS) is 17.1. The fourth-order valence-corrected chi connectivity index (χ4v) is 3.61. The van der Waals surface area contributed by atoms with Crippen LogP contribution in [0.1, 0.15) is 24.7 Å². The number of fused-ring (bicyclic) bond motifs is 1. The molecule has 0 aliphatic carbocycles. The number of β-amino-alcohol motifs (C(OH)–C–C–N with tert-alkyl or cyclic N) is 1. The van der Waals surface area contributed by atoms with Crippen molar-refractivity contribution in [3.05, 3.63) is 35.4 Å². The first-order chi connectivity index (χ1) is 13.0. The van der Waals surface area contributed by atoms with Gasteiger partial charge in [0.15, 0.2) is 11.6 Å². The number of ether oxygens (including phenoxy) is 1. The van der Waals surface area contributed by atoms with Gasteiger partial charge in [-0.1, -0.05) is 0 Å². The number of aromatic nitrogens is 4. The van der Waals surface area contributed by atoms with E-state index in [9.17, 15) is 9.50 Å². The third kappa shape index (κ3) is 2.99. The Balaban J connectivity index is 1.86. The van der Waals surface area contributed by atoms with Crippen LogP contribution in [0, 0.1) is 19.7 Å². The highest BCUT2D eigenvalue weighted by Gasteiger charge is 2.26. The van der Waals surface area contributed by atoms with Gasteiger partial charge in [-0.25, -0.2) is 9.07 Å². The summed E-state index contributed by atoms with van der Waals surface area (Å²) >= 11 is 0. The van der Waals surface area contributed by atoms with E-state index in [1.807, 2.05) is 25.7 Å². The van der Waals surface area contributed by atoms with Gasteiger partial charge in [0, 0.05) is 19.2 Å². The molecule has 1 unspecified atom stereocenters. The van der Waals surface area contributed by atoms with Gasteiger partial charge < -0.3 is 14.7 Å². The lowest BCUT2D eigenvalue weighted by Gasteiger charge is -2.16. The van der Waals surface area contributed by atoms with Gasteiger partial charge >= 0.3 is 0 Å². The molecule has 4 rings (SSSR count). The molecule has 0 saturated carbocycles. The summed E-state index contributed by atoms with van der Waals surface area (Å²) in [5.41, 5.74) is 2.55. The summed E-state index contributed by atoms with van der Waals surface area (Å²) in [5, 5.41) is 23.9. The van der Waals surface area contributed by atoms with Crippen LogP contribution in [0.5, 0.6) is 5.75 Å². The first-order valence-electron chi connectivity index (χ1n) is 9.08. The Kier molecular flexibility index (Phi) is 4.43. The van der Waals surface area contributed by atoms with Crippen LogP contribution >= 0.6 is 0 Å². The molecule has 2 aromatic heterocycles. The summed E-state index contributed by atoms with van der Waals surface area (Å²) in [4.78, 5) is 1.98. The predicted molar refractivity (Wildman–Crippen MR) is 100 cm³/mol. The number of anilines is 1. The summed E-state index contributed by atoms with van der Waals surface area (Å²) in [7, 11) is 0. The minimum atomic E-state index is -0.409. The van der Waals surface area contributed by atoms with E-state index in [1.165, 1.54) is 6.07 Å². The number of halogens is 1. The van der Waals surface area contributed by atoms with E-state index >= 15 is 0 Å². The summed E-state index contributed by atoms with van der Waals surface area (Å²) < 4.78 is 21.7. The second kappa shape index (κ2) is 6.77. The topological polar surface area (TPSA) is 76.3 Å². The monoisotopic (exact) mass is 371 g/mol. The number of hydrogen-bond acceptors (Lipinski definition) is 6. The number of hydrogen-bond donors (Lipinski definition) is 1. The highest BCUT2D eigenvalue weighted by atomic mass is 19.1. The first kappa shape index (κ1) is 17.7. The molecule has 3 heterocycles. The number of rotatable bonds is 4. The number of benzene rings is 1. The van der Waals surface area contributed by atoms with Crippen molar-refractivity contribution in [2.45, 2.75) is 33.3 Å². The molecular formula is C19H22FN5O2. The number of nitrogens with zero attached hydrogens (tertiary/aromatic N) is 5. The van der Waals surface area contributed by atoms with E-state index in [1.54, 1.807) is 16.8 Å². The van der Waals surface area contributed by atoms with E-state index in [0.717, 1.165) is 16.8 Å². The van der Waals surface area contributed by atoms with Crippen molar-refractivity contribution in [1.82, 2.24) is 20.0 Å². The molecule has 0 bridgehead atoms. The molecular weight excluding hydrogens is 349 g/mol. The van der Waals surface area contributed by atoms with Gasteiger partial charge in [0.1, 0.15) is 17.0 Å². The van der Waals surface area contributed by atoms with Gasteiger partial charge in [-0.3, -0.25) is 0 Å². The van der Waals surface area contributed by atoms with Crippen LogP contribution in [0.3, 0.4) is 0 Å². The maximum absolute atomic E-state index is 14.7. The van der Waals surface area contributed by atoms with E-state index in [-0.39, 0.29) is 6.10 Å². The molecule has 142 valence electrons. The van der Waals surface area contributed by atoms with Crippen LogP contribution in [-0.4, -0.2) is 50.9 Å². The Labute approximate surface area is 156 Å². The zero-order chi connectivity index (χ0) is 19.1. The van der Waals surface area contributed by atoms with Crippen molar-refractivity contribution in [3.63, 3.8) is 0 Å². The Bertz CT molecular complexity index is 1000. The Morgan fingerprint density at radius 1 is 1.30 bits per heavy atom. The van der Waals surface area contributed by atoms with E-state index in [2.05, 4.69) is 15.3 Å². The van der Waals surface area contributed by atoms with E-state index in [0.29, 0.717) is 48.9 Å². The molecule has 1 N–H and O–H groups in total. The summed E-state index contributed by atoms with van der Waals surface area (Å²) in [6.45, 7) is 7.28. The molecule has 8 heteroatoms. The van der Waals surface area contributed by atoms with Gasteiger partial charge in [0.05, 0.1) is 29.5 Å². The first-order valence-corrected chi connectivity index (χ1v) is 9.08. The molecule has 1 saturated heterocycles. The lowest BCUT2D eigenvalue weighted by atomic mass is 10.2. The van der Waals surface area contributed by atoms with Crippen LogP contribution < -0.4 is 9.64 Å². The van der Waals surface area contributed by atoms with Crippen molar-refractivity contribution in [1.29, 1.82) is 0 Å². The number of aliphatic hydroxyl groups is 1. The largest absolute Gasteiger partial charge is 0.494 e. The fraction of sp³-hybridized carbons (Fsp3) is 0.421. The molecule has 1 fully saturated rings. The third-order valence-corrected chi connectivity index (χ3v) is 4.91. The Hall–Kier alpha value is -2.74. The maximum Gasteiger partial charge on any atom is 0.179 e. The summed E-state index contributed by atoms with van der Waals surface area (Å²) in [5.74, 6) is 0.702. The quantitative estimate of drug-likeness (QED) is 0.760. The van der Waals surface area contributed by atoms with Gasteiger partial charge in [0.2, 0.25) is 0 Å². The fourth-order valence-electron chi connectivity index (χ4n) is 3.61. The molecule has 0 amide bonds. The second-order valence-electron chi connectivity index (χ2n) is 6.76. The van der Waals surface area contributed by atoms with Gasteiger partial charge in [-0.05, 0) is 39.3 Å². The van der Waals surface area contributed by atoms with Crippen LogP contribution in [-0.2, 0) is 0 Å². The molecule has 7 nitrogen and oxygen atoms in total. The van der Waals surface area contributed by atoms with Crippen molar-refractivity contribution >= 4 is 16.7 Å². The lowest BCUT2D eigenvalue weighted by molar-refractivity contribution is 0.198. The zero-order valence-corrected chi connectivity index (χ0v) is 15.6. The van der Waals surface area contributed by atoms with Gasteiger partial charge in [-0.15, -0.1) is 5.10 Å².